The zero-order valence-corrected chi connectivity index (χ0v) is 14.0. The van der Waals surface area contributed by atoms with E-state index in [9.17, 15) is 0 Å². The monoisotopic (exact) mass is 388 g/mol. The maximum atomic E-state index is 8.71. The summed E-state index contributed by atoms with van der Waals surface area (Å²) in [6.07, 6.45) is 0. The fraction of sp³-hybridized carbons (Fsp3) is 0.0714. The average Bonchev–Trinajstić information content (AvgIpc) is 2.44. The molecule has 0 spiro atoms. The molecule has 0 radical (unpaired) electrons. The molecule has 0 saturated heterocycles. The molecule has 0 saturated carbocycles. The highest BCUT2D eigenvalue weighted by atomic mass is 79.9. The van der Waals surface area contributed by atoms with E-state index in [0.29, 0.717) is 31.6 Å². The maximum absolute atomic E-state index is 8.71. The molecule has 0 aromatic heterocycles. The van der Waals surface area contributed by atoms with Crippen LogP contribution in [0.2, 0.25) is 10.0 Å². The quantitative estimate of drug-likeness (QED) is 0.256. The topological polar surface area (TPSA) is 67.8 Å². The zero-order chi connectivity index (χ0) is 15.6. The predicted molar refractivity (Wildman–Crippen MR) is 87.9 cm³/mol. The lowest BCUT2D eigenvalue weighted by Crippen LogP contribution is -2.14. The summed E-state index contributed by atoms with van der Waals surface area (Å²) < 4.78 is 6.41. The van der Waals surface area contributed by atoms with Crippen LogP contribution in [0.3, 0.4) is 0 Å². The first kappa shape index (κ1) is 15.9. The van der Waals surface area contributed by atoms with Crippen LogP contribution in [0, 0.1) is 6.92 Å². The lowest BCUT2D eigenvalue weighted by atomic mass is 10.1. The van der Waals surface area contributed by atoms with E-state index in [-0.39, 0.29) is 5.84 Å². The Morgan fingerprint density at radius 1 is 1.24 bits per heavy atom. The first-order valence-electron chi connectivity index (χ1n) is 5.83. The van der Waals surface area contributed by atoms with Gasteiger partial charge in [0.15, 0.2) is 5.84 Å². The van der Waals surface area contributed by atoms with E-state index in [0.717, 1.165) is 5.56 Å². The van der Waals surface area contributed by atoms with E-state index in [1.165, 1.54) is 0 Å². The largest absolute Gasteiger partial charge is 0.456 e. The summed E-state index contributed by atoms with van der Waals surface area (Å²) in [5.74, 6) is 1.06. The Kier molecular flexibility index (Phi) is 4.98. The Hall–Kier alpha value is -1.43. The van der Waals surface area contributed by atoms with Crippen molar-refractivity contribution in [3.63, 3.8) is 0 Å². The van der Waals surface area contributed by atoms with Crippen LogP contribution in [0.4, 0.5) is 0 Å². The van der Waals surface area contributed by atoms with Crippen LogP contribution in [0.25, 0.3) is 0 Å². The number of hydrogen-bond donors (Lipinski definition) is 2. The van der Waals surface area contributed by atoms with Crippen LogP contribution in [0.1, 0.15) is 11.1 Å². The molecule has 0 fully saturated rings. The van der Waals surface area contributed by atoms with Crippen molar-refractivity contribution in [2.45, 2.75) is 6.92 Å². The summed E-state index contributed by atoms with van der Waals surface area (Å²) >= 11 is 15.4. The van der Waals surface area contributed by atoms with E-state index in [4.69, 9.17) is 38.9 Å². The minimum absolute atomic E-state index is 0.0452. The number of rotatable bonds is 3. The van der Waals surface area contributed by atoms with E-state index in [2.05, 4.69) is 21.1 Å². The number of aryl methyl sites for hydroxylation is 1. The number of oxime groups is 1. The van der Waals surface area contributed by atoms with E-state index in [1.54, 1.807) is 30.3 Å². The van der Waals surface area contributed by atoms with Crippen LogP contribution >= 0.6 is 39.1 Å². The van der Waals surface area contributed by atoms with Gasteiger partial charge in [-0.05, 0) is 52.7 Å². The smallest absolute Gasteiger partial charge is 0.170 e. The van der Waals surface area contributed by atoms with Crippen LogP contribution < -0.4 is 10.5 Å². The molecule has 0 atom stereocenters. The molecule has 0 heterocycles. The second-order valence-corrected chi connectivity index (χ2v) is 5.93. The Bertz CT molecular complexity index is 720. The molecule has 3 N–H and O–H groups in total. The summed E-state index contributed by atoms with van der Waals surface area (Å²) in [6.45, 7) is 1.83. The Balaban J connectivity index is 2.33. The van der Waals surface area contributed by atoms with Crippen molar-refractivity contribution < 1.29 is 9.94 Å². The molecule has 21 heavy (non-hydrogen) atoms. The van der Waals surface area contributed by atoms with Crippen molar-refractivity contribution in [3.05, 3.63) is 56.0 Å². The number of nitrogens with two attached hydrogens (primary N) is 1. The molecule has 4 nitrogen and oxygen atoms in total. The minimum atomic E-state index is 0.0452. The van der Waals surface area contributed by atoms with Crippen LogP contribution in [0.5, 0.6) is 11.5 Å². The Labute approximate surface area is 140 Å². The van der Waals surface area contributed by atoms with Gasteiger partial charge < -0.3 is 15.7 Å². The van der Waals surface area contributed by atoms with Gasteiger partial charge in [-0.1, -0.05) is 28.4 Å². The normalized spacial score (nSPS) is 11.5. The summed E-state index contributed by atoms with van der Waals surface area (Å²) in [4.78, 5) is 0. The van der Waals surface area contributed by atoms with Crippen LogP contribution in [-0.4, -0.2) is 11.0 Å². The van der Waals surface area contributed by atoms with Gasteiger partial charge in [-0.15, -0.1) is 0 Å². The summed E-state index contributed by atoms with van der Waals surface area (Å²) in [7, 11) is 0. The van der Waals surface area contributed by atoms with Gasteiger partial charge in [-0.25, -0.2) is 0 Å². The summed E-state index contributed by atoms with van der Waals surface area (Å²) in [6, 6.07) is 8.46. The third-order valence-electron chi connectivity index (χ3n) is 2.78. The predicted octanol–water partition coefficient (Wildman–Crippen LogP) is 4.95. The molecule has 0 aliphatic carbocycles. The molecule has 110 valence electrons. The molecule has 2 aromatic rings. The van der Waals surface area contributed by atoms with Crippen molar-refractivity contribution in [2.75, 3.05) is 0 Å². The summed E-state index contributed by atoms with van der Waals surface area (Å²) in [5, 5.41) is 12.6. The highest BCUT2D eigenvalue weighted by molar-refractivity contribution is 9.10. The molecule has 0 aliphatic heterocycles. The number of ether oxygens (including phenoxy) is 1. The SMILES string of the molecule is Cc1cc(Oc2cc(Cl)c(Br)cc2Cl)ccc1/C(N)=N/O. The molecular weight excluding hydrogens is 379 g/mol. The molecule has 2 rings (SSSR count). The second kappa shape index (κ2) is 6.56. The van der Waals surface area contributed by atoms with Gasteiger partial charge in [0.2, 0.25) is 0 Å². The van der Waals surface area contributed by atoms with E-state index in [1.807, 2.05) is 6.92 Å². The number of amidine groups is 1. The highest BCUT2D eigenvalue weighted by Gasteiger charge is 2.10. The van der Waals surface area contributed by atoms with Crippen molar-refractivity contribution in [2.24, 2.45) is 10.9 Å². The molecular formula is C14H11BrCl2N2O2. The maximum Gasteiger partial charge on any atom is 0.170 e. The molecule has 0 unspecified atom stereocenters. The van der Waals surface area contributed by atoms with Gasteiger partial charge in [0, 0.05) is 16.1 Å². The first-order valence-corrected chi connectivity index (χ1v) is 7.38. The lowest BCUT2D eigenvalue weighted by molar-refractivity contribution is 0.318. The van der Waals surface area contributed by atoms with Gasteiger partial charge in [-0.2, -0.15) is 0 Å². The van der Waals surface area contributed by atoms with Gasteiger partial charge in [0.1, 0.15) is 11.5 Å². The second-order valence-electron chi connectivity index (χ2n) is 4.26. The summed E-state index contributed by atoms with van der Waals surface area (Å²) in [5.41, 5.74) is 7.01. The molecule has 7 heteroatoms. The first-order chi connectivity index (χ1) is 9.92. The molecule has 0 aliphatic rings. The third kappa shape index (κ3) is 3.61. The van der Waals surface area contributed by atoms with Gasteiger partial charge in [0.05, 0.1) is 10.0 Å². The van der Waals surface area contributed by atoms with Crippen LogP contribution in [0.15, 0.2) is 40.0 Å². The van der Waals surface area contributed by atoms with Crippen LogP contribution in [-0.2, 0) is 0 Å². The lowest BCUT2D eigenvalue weighted by Gasteiger charge is -2.11. The van der Waals surface area contributed by atoms with Gasteiger partial charge in [0.25, 0.3) is 0 Å². The van der Waals surface area contributed by atoms with E-state index < -0.39 is 0 Å². The number of nitrogens with zero attached hydrogens (tertiary/aromatic N) is 1. The Morgan fingerprint density at radius 3 is 2.57 bits per heavy atom. The van der Waals surface area contributed by atoms with Gasteiger partial charge in [-0.3, -0.25) is 0 Å². The van der Waals surface area contributed by atoms with Crippen molar-refractivity contribution >= 4 is 45.0 Å². The average molecular weight is 390 g/mol. The van der Waals surface area contributed by atoms with Crippen molar-refractivity contribution in [3.8, 4) is 11.5 Å². The Morgan fingerprint density at radius 2 is 1.95 bits per heavy atom. The number of hydrogen-bond acceptors (Lipinski definition) is 3. The van der Waals surface area contributed by atoms with Crippen molar-refractivity contribution in [1.82, 2.24) is 0 Å². The molecule has 2 aromatic carbocycles. The number of halogens is 3. The fourth-order valence-electron chi connectivity index (χ4n) is 1.75. The number of benzene rings is 2. The molecule has 0 bridgehead atoms. The van der Waals surface area contributed by atoms with Crippen molar-refractivity contribution in [1.29, 1.82) is 0 Å². The molecule has 0 amide bonds. The van der Waals surface area contributed by atoms with Gasteiger partial charge >= 0.3 is 0 Å². The highest BCUT2D eigenvalue weighted by Crippen LogP contribution is 2.36. The van der Waals surface area contributed by atoms with E-state index >= 15 is 0 Å². The third-order valence-corrected chi connectivity index (χ3v) is 4.28. The zero-order valence-electron chi connectivity index (χ0n) is 10.9. The standard InChI is InChI=1S/C14H11BrCl2N2O2/c1-7-4-8(2-3-9(7)14(18)19-20)21-13-6-11(16)10(15)5-12(13)17/h2-6,20H,1H3,(H2,18,19). The minimum Gasteiger partial charge on any atom is -0.456 e. The fourth-order valence-corrected chi connectivity index (χ4v) is 2.58.